The molecule has 30 heavy (non-hydrogen) atoms. The first-order valence-electron chi connectivity index (χ1n) is 9.39. The first-order valence-corrected chi connectivity index (χ1v) is 9.76. The Hall–Kier alpha value is -3.06. The van der Waals surface area contributed by atoms with Crippen LogP contribution in [0.1, 0.15) is 32.4 Å². The van der Waals surface area contributed by atoms with Crippen molar-refractivity contribution in [1.29, 1.82) is 0 Å². The Kier molecular flexibility index (Phi) is 6.03. The standard InChI is InChI=1S/C22H21ClFNO5/c1-4-30-17-9-12(5-8-16(17)26)19-18(20(27)11(2)3)21(28)22(29)25(19)13-6-7-15(24)14(23)10-13/h5-11,19,26,28H,4H2,1-3H3. The fourth-order valence-corrected chi connectivity index (χ4v) is 3.53. The molecule has 0 saturated carbocycles. The number of ether oxygens (including phenoxy) is 1. The minimum atomic E-state index is -1.01. The van der Waals surface area contributed by atoms with Crippen LogP contribution in [0, 0.1) is 11.7 Å². The van der Waals surface area contributed by atoms with Crippen LogP contribution in [0.3, 0.4) is 0 Å². The van der Waals surface area contributed by atoms with E-state index in [4.69, 9.17) is 16.3 Å². The number of Topliss-reactive ketones (excluding diaryl/α,β-unsaturated/α-hetero) is 1. The number of carbonyl (C=O) groups excluding carboxylic acids is 2. The third-order valence-corrected chi connectivity index (χ3v) is 5.07. The summed E-state index contributed by atoms with van der Waals surface area (Å²) >= 11 is 5.90. The first kappa shape index (κ1) is 21.6. The molecule has 0 radical (unpaired) electrons. The van der Waals surface area contributed by atoms with Crippen molar-refractivity contribution < 1.29 is 28.9 Å². The summed E-state index contributed by atoms with van der Waals surface area (Å²) in [4.78, 5) is 27.0. The van der Waals surface area contributed by atoms with Gasteiger partial charge in [0.25, 0.3) is 5.91 Å². The molecule has 0 aliphatic carbocycles. The van der Waals surface area contributed by atoms with Crippen LogP contribution < -0.4 is 9.64 Å². The summed E-state index contributed by atoms with van der Waals surface area (Å²) in [7, 11) is 0. The van der Waals surface area contributed by atoms with Gasteiger partial charge in [-0.3, -0.25) is 14.5 Å². The maximum absolute atomic E-state index is 13.7. The number of hydrogen-bond acceptors (Lipinski definition) is 5. The van der Waals surface area contributed by atoms with Gasteiger partial charge in [-0.15, -0.1) is 0 Å². The number of nitrogens with zero attached hydrogens (tertiary/aromatic N) is 1. The SMILES string of the molecule is CCOc1cc(C2C(C(=O)C(C)C)=C(O)C(=O)N2c2ccc(F)c(Cl)c2)ccc1O. The molecule has 1 atom stereocenters. The molecule has 0 spiro atoms. The molecule has 6 nitrogen and oxygen atoms in total. The van der Waals surface area contributed by atoms with E-state index in [0.29, 0.717) is 5.56 Å². The average molecular weight is 434 g/mol. The monoisotopic (exact) mass is 433 g/mol. The summed E-state index contributed by atoms with van der Waals surface area (Å²) in [5.74, 6) is -2.98. The highest BCUT2D eigenvalue weighted by molar-refractivity contribution is 6.31. The average Bonchev–Trinajstić information content (AvgIpc) is 2.96. The van der Waals surface area contributed by atoms with Crippen molar-refractivity contribution in [3.63, 3.8) is 0 Å². The van der Waals surface area contributed by atoms with Crippen LogP contribution >= 0.6 is 11.6 Å². The molecule has 158 valence electrons. The second kappa shape index (κ2) is 8.36. The van der Waals surface area contributed by atoms with Gasteiger partial charge >= 0.3 is 0 Å². The Morgan fingerprint density at radius 3 is 2.53 bits per heavy atom. The number of aliphatic hydroxyl groups excluding tert-OH is 1. The first-order chi connectivity index (χ1) is 14.2. The van der Waals surface area contributed by atoms with E-state index in [-0.39, 0.29) is 34.4 Å². The van der Waals surface area contributed by atoms with Gasteiger partial charge in [0, 0.05) is 11.6 Å². The van der Waals surface area contributed by atoms with Gasteiger partial charge in [0.15, 0.2) is 23.0 Å². The molecule has 1 aliphatic heterocycles. The summed E-state index contributed by atoms with van der Waals surface area (Å²) in [6, 6.07) is 7.10. The van der Waals surface area contributed by atoms with E-state index in [0.717, 1.165) is 6.07 Å². The molecule has 2 aromatic rings. The van der Waals surface area contributed by atoms with Crippen molar-refractivity contribution in [2.75, 3.05) is 11.5 Å². The van der Waals surface area contributed by atoms with Gasteiger partial charge in [0.2, 0.25) is 0 Å². The van der Waals surface area contributed by atoms with E-state index in [1.54, 1.807) is 20.8 Å². The zero-order valence-electron chi connectivity index (χ0n) is 16.6. The van der Waals surface area contributed by atoms with Crippen molar-refractivity contribution >= 4 is 29.0 Å². The summed E-state index contributed by atoms with van der Waals surface area (Å²) < 4.78 is 19.1. The third-order valence-electron chi connectivity index (χ3n) is 4.78. The molecular weight excluding hydrogens is 413 g/mol. The van der Waals surface area contributed by atoms with Crippen LogP contribution in [-0.4, -0.2) is 28.5 Å². The Balaban J connectivity index is 2.22. The van der Waals surface area contributed by atoms with Crippen molar-refractivity contribution in [2.24, 2.45) is 5.92 Å². The highest BCUT2D eigenvalue weighted by Gasteiger charge is 2.45. The Bertz CT molecular complexity index is 1050. The molecule has 0 bridgehead atoms. The van der Waals surface area contributed by atoms with Crippen LogP contribution in [0.15, 0.2) is 47.7 Å². The number of phenolic OH excluding ortho intramolecular Hbond substituents is 1. The zero-order chi connectivity index (χ0) is 22.2. The molecule has 8 heteroatoms. The molecule has 1 aliphatic rings. The van der Waals surface area contributed by atoms with Crippen molar-refractivity contribution in [3.8, 4) is 11.5 Å². The molecule has 1 unspecified atom stereocenters. The highest BCUT2D eigenvalue weighted by atomic mass is 35.5. The van der Waals surface area contributed by atoms with Gasteiger partial charge < -0.3 is 14.9 Å². The van der Waals surface area contributed by atoms with Crippen molar-refractivity contribution in [2.45, 2.75) is 26.8 Å². The molecular formula is C22H21ClFNO5. The lowest BCUT2D eigenvalue weighted by molar-refractivity contribution is -0.119. The summed E-state index contributed by atoms with van der Waals surface area (Å²) in [6.45, 7) is 5.35. The fourth-order valence-electron chi connectivity index (χ4n) is 3.36. The smallest absolute Gasteiger partial charge is 0.294 e. The largest absolute Gasteiger partial charge is 0.504 e. The van der Waals surface area contributed by atoms with Crippen LogP contribution in [-0.2, 0) is 9.59 Å². The lowest BCUT2D eigenvalue weighted by atomic mass is 9.91. The number of aliphatic hydroxyl groups is 1. The van der Waals surface area contributed by atoms with Crippen LogP contribution in [0.25, 0.3) is 0 Å². The third kappa shape index (κ3) is 3.73. The summed E-state index contributed by atoms with van der Waals surface area (Å²) in [6.07, 6.45) is 0. The number of halogens is 2. The van der Waals surface area contributed by atoms with Crippen molar-refractivity contribution in [1.82, 2.24) is 0 Å². The zero-order valence-corrected chi connectivity index (χ0v) is 17.4. The minimum Gasteiger partial charge on any atom is -0.504 e. The van der Waals surface area contributed by atoms with Gasteiger partial charge in [-0.05, 0) is 42.8 Å². The van der Waals surface area contributed by atoms with Gasteiger partial charge in [0.1, 0.15) is 5.82 Å². The van der Waals surface area contributed by atoms with E-state index < -0.39 is 35.2 Å². The molecule has 0 aromatic heterocycles. The number of phenols is 1. The summed E-state index contributed by atoms with van der Waals surface area (Å²) in [5.41, 5.74) is 0.558. The van der Waals surface area contributed by atoms with Gasteiger partial charge in [-0.25, -0.2) is 4.39 Å². The number of hydrogen-bond donors (Lipinski definition) is 2. The summed E-state index contributed by atoms with van der Waals surface area (Å²) in [5, 5.41) is 20.4. The Morgan fingerprint density at radius 1 is 1.23 bits per heavy atom. The number of ketones is 1. The number of carbonyl (C=O) groups is 2. The number of amides is 1. The van der Waals surface area contributed by atoms with E-state index in [2.05, 4.69) is 0 Å². The lowest BCUT2D eigenvalue weighted by Gasteiger charge is -2.28. The van der Waals surface area contributed by atoms with E-state index in [1.807, 2.05) is 0 Å². The predicted octanol–water partition coefficient (Wildman–Crippen LogP) is 4.71. The maximum Gasteiger partial charge on any atom is 0.294 e. The second-order valence-electron chi connectivity index (χ2n) is 7.12. The highest BCUT2D eigenvalue weighted by Crippen LogP contribution is 2.44. The molecule has 3 rings (SSSR count). The minimum absolute atomic E-state index is 0.0800. The molecule has 1 amide bonds. The molecule has 0 saturated heterocycles. The molecule has 0 fully saturated rings. The van der Waals surface area contributed by atoms with Crippen LogP contribution in [0.4, 0.5) is 10.1 Å². The van der Waals surface area contributed by atoms with Crippen LogP contribution in [0.5, 0.6) is 11.5 Å². The Morgan fingerprint density at radius 2 is 1.93 bits per heavy atom. The number of rotatable bonds is 6. The topological polar surface area (TPSA) is 87.1 Å². The van der Waals surface area contributed by atoms with Gasteiger partial charge in [0.05, 0.1) is 23.2 Å². The maximum atomic E-state index is 13.7. The normalized spacial score (nSPS) is 16.5. The lowest BCUT2D eigenvalue weighted by Crippen LogP contribution is -2.31. The fraction of sp³-hybridized carbons (Fsp3) is 0.273. The number of benzene rings is 2. The second-order valence-corrected chi connectivity index (χ2v) is 7.52. The number of aromatic hydroxyl groups is 1. The van der Waals surface area contributed by atoms with Crippen LogP contribution in [0.2, 0.25) is 5.02 Å². The molecule has 2 N–H and O–H groups in total. The van der Waals surface area contributed by atoms with E-state index in [9.17, 15) is 24.2 Å². The number of anilines is 1. The van der Waals surface area contributed by atoms with Crippen molar-refractivity contribution in [3.05, 3.63) is 64.1 Å². The quantitative estimate of drug-likeness (QED) is 0.689. The Labute approximate surface area is 178 Å². The van der Waals surface area contributed by atoms with Gasteiger partial charge in [-0.1, -0.05) is 31.5 Å². The van der Waals surface area contributed by atoms with E-state index in [1.165, 1.54) is 35.2 Å². The van der Waals surface area contributed by atoms with Gasteiger partial charge in [-0.2, -0.15) is 0 Å². The predicted molar refractivity (Wildman–Crippen MR) is 110 cm³/mol. The molecule has 2 aromatic carbocycles. The molecule has 1 heterocycles. The van der Waals surface area contributed by atoms with E-state index >= 15 is 0 Å².